The molecule has 2 fully saturated rings. The Morgan fingerprint density at radius 2 is 1.44 bits per heavy atom. The zero-order valence-electron chi connectivity index (χ0n) is 16.1. The van der Waals surface area contributed by atoms with E-state index < -0.39 is 4.92 Å². The van der Waals surface area contributed by atoms with Crippen molar-refractivity contribution in [3.05, 3.63) is 40.1 Å². The van der Waals surface area contributed by atoms with Crippen LogP contribution in [0.2, 0.25) is 0 Å². The third kappa shape index (κ3) is 6.56. The lowest BCUT2D eigenvalue weighted by Gasteiger charge is -2.24. The van der Waals surface area contributed by atoms with Gasteiger partial charge in [0.25, 0.3) is 0 Å². The molecule has 148 valence electrons. The van der Waals surface area contributed by atoms with Crippen molar-refractivity contribution in [2.24, 2.45) is 11.8 Å². The minimum absolute atomic E-state index is 0.448. The Hall–Kier alpha value is -2.04. The Bertz CT molecular complexity index is 631. The van der Waals surface area contributed by atoms with Gasteiger partial charge in [-0.25, -0.2) is 0 Å². The van der Waals surface area contributed by atoms with E-state index in [1.807, 2.05) is 18.2 Å². The highest BCUT2D eigenvalue weighted by Gasteiger charge is 2.17. The lowest BCUT2D eigenvalue weighted by atomic mass is 9.90. The van der Waals surface area contributed by atoms with Crippen LogP contribution < -0.4 is 9.47 Å². The Kier molecular flexibility index (Phi) is 7.55. The molecule has 1 aromatic rings. The summed E-state index contributed by atoms with van der Waals surface area (Å²) in [7, 11) is 0. The van der Waals surface area contributed by atoms with E-state index in [9.17, 15) is 10.1 Å². The summed E-state index contributed by atoms with van der Waals surface area (Å²) < 4.78 is 12.2. The summed E-state index contributed by atoms with van der Waals surface area (Å²) in [5.74, 6) is 2.69. The third-order valence-electron chi connectivity index (χ3n) is 5.76. The average molecular weight is 373 g/mol. The molecule has 0 aromatic heterocycles. The summed E-state index contributed by atoms with van der Waals surface area (Å²) in [4.78, 5) is 10.1. The first-order valence-corrected chi connectivity index (χ1v) is 10.4. The molecule has 1 aromatic carbocycles. The van der Waals surface area contributed by atoms with Gasteiger partial charge in [0.1, 0.15) is 0 Å². The lowest BCUT2D eigenvalue weighted by Crippen LogP contribution is -2.17. The first-order valence-electron chi connectivity index (χ1n) is 10.4. The minimum atomic E-state index is -0.448. The van der Waals surface area contributed by atoms with Crippen molar-refractivity contribution in [2.45, 2.75) is 64.2 Å². The molecule has 3 rings (SSSR count). The van der Waals surface area contributed by atoms with E-state index in [1.54, 1.807) is 0 Å². The van der Waals surface area contributed by atoms with E-state index in [-0.39, 0.29) is 0 Å². The SMILES string of the molecule is O=[N+]([O-])/C=C/c1ccc(OCC2CCCCC2)c(OCC2CCCCC2)c1. The number of hydrogen-bond acceptors (Lipinski definition) is 4. The molecule has 0 spiro atoms. The molecule has 0 heterocycles. The Morgan fingerprint density at radius 1 is 0.889 bits per heavy atom. The van der Waals surface area contributed by atoms with Crippen molar-refractivity contribution in [1.29, 1.82) is 0 Å². The highest BCUT2D eigenvalue weighted by molar-refractivity contribution is 5.55. The number of ether oxygens (including phenoxy) is 2. The number of nitro groups is 1. The molecule has 0 saturated heterocycles. The quantitative estimate of drug-likeness (QED) is 0.423. The van der Waals surface area contributed by atoms with Crippen LogP contribution in [-0.2, 0) is 0 Å². The number of rotatable bonds is 8. The molecule has 0 atom stereocenters. The van der Waals surface area contributed by atoms with Crippen molar-refractivity contribution >= 4 is 6.08 Å². The van der Waals surface area contributed by atoms with Gasteiger partial charge >= 0.3 is 0 Å². The summed E-state index contributed by atoms with van der Waals surface area (Å²) in [6.45, 7) is 1.42. The second-order valence-corrected chi connectivity index (χ2v) is 7.94. The first kappa shape index (κ1) is 19.7. The average Bonchev–Trinajstić information content (AvgIpc) is 2.71. The van der Waals surface area contributed by atoms with Gasteiger partial charge in [-0.3, -0.25) is 10.1 Å². The molecule has 0 amide bonds. The van der Waals surface area contributed by atoms with Crippen LogP contribution in [0, 0.1) is 22.0 Å². The van der Waals surface area contributed by atoms with Crippen LogP contribution in [0.3, 0.4) is 0 Å². The van der Waals surface area contributed by atoms with Crippen LogP contribution >= 0.6 is 0 Å². The van der Waals surface area contributed by atoms with Gasteiger partial charge in [0.15, 0.2) is 11.5 Å². The zero-order chi connectivity index (χ0) is 18.9. The molecule has 2 saturated carbocycles. The predicted molar refractivity (Wildman–Crippen MR) is 107 cm³/mol. The highest BCUT2D eigenvalue weighted by Crippen LogP contribution is 2.33. The monoisotopic (exact) mass is 373 g/mol. The van der Waals surface area contributed by atoms with Gasteiger partial charge in [0.2, 0.25) is 6.20 Å². The van der Waals surface area contributed by atoms with Crippen molar-refractivity contribution in [3.8, 4) is 11.5 Å². The predicted octanol–water partition coefficient (Wildman–Crippen LogP) is 5.85. The maximum atomic E-state index is 10.6. The van der Waals surface area contributed by atoms with Crippen LogP contribution in [0.1, 0.15) is 69.8 Å². The summed E-state index contributed by atoms with van der Waals surface area (Å²) in [6, 6.07) is 5.60. The Morgan fingerprint density at radius 3 is 2.00 bits per heavy atom. The van der Waals surface area contributed by atoms with Gasteiger partial charge in [0, 0.05) is 6.08 Å². The second-order valence-electron chi connectivity index (χ2n) is 7.94. The Labute approximate surface area is 161 Å². The van der Waals surface area contributed by atoms with Crippen molar-refractivity contribution < 1.29 is 14.4 Å². The maximum Gasteiger partial charge on any atom is 0.235 e. The van der Waals surface area contributed by atoms with Crippen LogP contribution in [0.4, 0.5) is 0 Å². The van der Waals surface area contributed by atoms with Gasteiger partial charge in [0.05, 0.1) is 18.1 Å². The van der Waals surface area contributed by atoms with E-state index in [1.165, 1.54) is 70.3 Å². The normalized spacial score (nSPS) is 19.3. The maximum absolute atomic E-state index is 10.6. The molecular weight excluding hydrogens is 342 g/mol. The van der Waals surface area contributed by atoms with E-state index >= 15 is 0 Å². The van der Waals surface area contributed by atoms with Crippen LogP contribution in [-0.4, -0.2) is 18.1 Å². The molecule has 0 bridgehead atoms. The summed E-state index contributed by atoms with van der Waals surface area (Å²) in [5.41, 5.74) is 0.760. The summed E-state index contributed by atoms with van der Waals surface area (Å²) >= 11 is 0. The van der Waals surface area contributed by atoms with Crippen LogP contribution in [0.25, 0.3) is 6.08 Å². The number of hydrogen-bond donors (Lipinski definition) is 0. The summed E-state index contributed by atoms with van der Waals surface area (Å²) in [6.07, 6.45) is 15.2. The molecule has 5 heteroatoms. The van der Waals surface area contributed by atoms with E-state index in [0.29, 0.717) is 24.2 Å². The van der Waals surface area contributed by atoms with Gasteiger partial charge in [-0.2, -0.15) is 0 Å². The van der Waals surface area contributed by atoms with Crippen molar-refractivity contribution in [1.82, 2.24) is 0 Å². The molecule has 27 heavy (non-hydrogen) atoms. The molecule has 0 aliphatic heterocycles. The molecule has 0 radical (unpaired) electrons. The fraction of sp³-hybridized carbons (Fsp3) is 0.636. The number of nitrogens with zero attached hydrogens (tertiary/aromatic N) is 1. The minimum Gasteiger partial charge on any atom is -0.489 e. The van der Waals surface area contributed by atoms with Crippen molar-refractivity contribution in [3.63, 3.8) is 0 Å². The van der Waals surface area contributed by atoms with Crippen LogP contribution in [0.15, 0.2) is 24.4 Å². The molecule has 2 aliphatic rings. The Balaban J connectivity index is 1.66. The van der Waals surface area contributed by atoms with E-state index in [2.05, 4.69) is 0 Å². The molecule has 0 N–H and O–H groups in total. The molecule has 5 nitrogen and oxygen atoms in total. The zero-order valence-corrected chi connectivity index (χ0v) is 16.1. The van der Waals surface area contributed by atoms with Gasteiger partial charge < -0.3 is 9.47 Å². The number of benzene rings is 1. The second kappa shape index (κ2) is 10.3. The lowest BCUT2D eigenvalue weighted by molar-refractivity contribution is -0.400. The van der Waals surface area contributed by atoms with Crippen molar-refractivity contribution in [2.75, 3.05) is 13.2 Å². The smallest absolute Gasteiger partial charge is 0.235 e. The standard InChI is InChI=1S/C22H31NO4/c24-23(25)14-13-18-11-12-21(26-16-19-7-3-1-4-8-19)22(15-18)27-17-20-9-5-2-6-10-20/h11-15,19-20H,1-10,16-17H2/b14-13+. The largest absolute Gasteiger partial charge is 0.489 e. The summed E-state index contributed by atoms with van der Waals surface area (Å²) in [5, 5.41) is 10.6. The third-order valence-corrected chi connectivity index (χ3v) is 5.76. The fourth-order valence-corrected chi connectivity index (χ4v) is 4.13. The van der Waals surface area contributed by atoms with Gasteiger partial charge in [-0.15, -0.1) is 0 Å². The molecule has 0 unspecified atom stereocenters. The first-order chi connectivity index (χ1) is 13.2. The van der Waals surface area contributed by atoms with Gasteiger partial charge in [-0.05, 0) is 55.2 Å². The van der Waals surface area contributed by atoms with E-state index in [4.69, 9.17) is 9.47 Å². The fourth-order valence-electron chi connectivity index (χ4n) is 4.13. The van der Waals surface area contributed by atoms with Gasteiger partial charge in [-0.1, -0.05) is 44.6 Å². The molecule has 2 aliphatic carbocycles. The topological polar surface area (TPSA) is 61.6 Å². The van der Waals surface area contributed by atoms with E-state index in [0.717, 1.165) is 24.1 Å². The molecular formula is C22H31NO4. The van der Waals surface area contributed by atoms with Crippen LogP contribution in [0.5, 0.6) is 11.5 Å². The highest BCUT2D eigenvalue weighted by atomic mass is 16.6.